The number of carbonyl (C=O) groups excluding carboxylic acids is 1. The standard InChI is InChI=1S/C10H14BrNO2S/c1-6(2)8(4-13)12-10(14)7-3-9(11)15-5-7/h3,5-6,8,13H,4H2,1-2H3,(H,12,14). The van der Waals surface area contributed by atoms with Crippen molar-refractivity contribution >= 4 is 33.2 Å². The lowest BCUT2D eigenvalue weighted by atomic mass is 10.1. The Labute approximate surface area is 102 Å². The Bertz CT molecular complexity index is 338. The molecule has 1 rings (SSSR count). The van der Waals surface area contributed by atoms with Crippen molar-refractivity contribution in [3.63, 3.8) is 0 Å². The van der Waals surface area contributed by atoms with Gasteiger partial charge < -0.3 is 10.4 Å². The lowest BCUT2D eigenvalue weighted by molar-refractivity contribution is 0.0897. The number of aliphatic hydroxyl groups is 1. The summed E-state index contributed by atoms with van der Waals surface area (Å²) in [4.78, 5) is 11.7. The van der Waals surface area contributed by atoms with Crippen LogP contribution < -0.4 is 5.32 Å². The molecule has 1 unspecified atom stereocenters. The van der Waals surface area contributed by atoms with E-state index in [0.717, 1.165) is 3.79 Å². The van der Waals surface area contributed by atoms with Crippen molar-refractivity contribution in [3.8, 4) is 0 Å². The molecular weight excluding hydrogens is 278 g/mol. The summed E-state index contributed by atoms with van der Waals surface area (Å²) in [6.45, 7) is 3.89. The van der Waals surface area contributed by atoms with Crippen LogP contribution in [0.4, 0.5) is 0 Å². The first-order valence-corrected chi connectivity index (χ1v) is 6.37. The van der Waals surface area contributed by atoms with E-state index >= 15 is 0 Å². The molecule has 5 heteroatoms. The van der Waals surface area contributed by atoms with Gasteiger partial charge in [0, 0.05) is 5.38 Å². The minimum Gasteiger partial charge on any atom is -0.394 e. The number of nitrogens with one attached hydrogen (secondary N) is 1. The van der Waals surface area contributed by atoms with Crippen molar-refractivity contribution in [1.29, 1.82) is 0 Å². The first kappa shape index (κ1) is 12.7. The van der Waals surface area contributed by atoms with Crippen molar-refractivity contribution in [2.24, 2.45) is 5.92 Å². The Kier molecular flexibility index (Phi) is 4.76. The second kappa shape index (κ2) is 5.63. The molecule has 1 atom stereocenters. The van der Waals surface area contributed by atoms with E-state index in [-0.39, 0.29) is 24.5 Å². The summed E-state index contributed by atoms with van der Waals surface area (Å²) in [7, 11) is 0. The summed E-state index contributed by atoms with van der Waals surface area (Å²) in [5, 5.41) is 13.7. The highest BCUT2D eigenvalue weighted by atomic mass is 79.9. The van der Waals surface area contributed by atoms with Crippen LogP contribution in [0.2, 0.25) is 0 Å². The van der Waals surface area contributed by atoms with Gasteiger partial charge in [-0.05, 0) is 27.9 Å². The number of rotatable bonds is 4. The molecule has 1 amide bonds. The lowest BCUT2D eigenvalue weighted by Crippen LogP contribution is -2.40. The van der Waals surface area contributed by atoms with Crippen LogP contribution in [0.5, 0.6) is 0 Å². The van der Waals surface area contributed by atoms with Gasteiger partial charge in [0.2, 0.25) is 0 Å². The molecule has 0 bridgehead atoms. The highest BCUT2D eigenvalue weighted by Gasteiger charge is 2.16. The molecule has 2 N–H and O–H groups in total. The fraction of sp³-hybridized carbons (Fsp3) is 0.500. The van der Waals surface area contributed by atoms with E-state index in [0.29, 0.717) is 5.56 Å². The van der Waals surface area contributed by atoms with Crippen LogP contribution in [0.25, 0.3) is 0 Å². The van der Waals surface area contributed by atoms with Gasteiger partial charge in [0.1, 0.15) is 0 Å². The molecule has 84 valence electrons. The van der Waals surface area contributed by atoms with Crippen LogP contribution in [0.1, 0.15) is 24.2 Å². The predicted molar refractivity (Wildman–Crippen MR) is 65.2 cm³/mol. The monoisotopic (exact) mass is 291 g/mol. The van der Waals surface area contributed by atoms with Crippen LogP contribution in [0.3, 0.4) is 0 Å². The molecule has 0 saturated heterocycles. The summed E-state index contributed by atoms with van der Waals surface area (Å²) in [5.41, 5.74) is 0.631. The van der Waals surface area contributed by atoms with Gasteiger partial charge in [0.05, 0.1) is 22.0 Å². The summed E-state index contributed by atoms with van der Waals surface area (Å²) in [6, 6.07) is 1.59. The third-order valence-electron chi connectivity index (χ3n) is 2.15. The predicted octanol–water partition coefficient (Wildman–Crippen LogP) is 2.26. The number of hydrogen-bond donors (Lipinski definition) is 2. The van der Waals surface area contributed by atoms with Crippen molar-refractivity contribution in [3.05, 3.63) is 20.8 Å². The van der Waals surface area contributed by atoms with Gasteiger partial charge >= 0.3 is 0 Å². The highest BCUT2D eigenvalue weighted by Crippen LogP contribution is 2.20. The van der Waals surface area contributed by atoms with E-state index in [1.54, 1.807) is 11.4 Å². The normalized spacial score (nSPS) is 12.9. The Morgan fingerprint density at radius 3 is 2.73 bits per heavy atom. The molecule has 1 aromatic heterocycles. The fourth-order valence-electron chi connectivity index (χ4n) is 1.10. The molecule has 3 nitrogen and oxygen atoms in total. The summed E-state index contributed by atoms with van der Waals surface area (Å²) < 4.78 is 0.928. The Morgan fingerprint density at radius 2 is 2.33 bits per heavy atom. The van der Waals surface area contributed by atoms with E-state index in [2.05, 4.69) is 21.2 Å². The maximum absolute atomic E-state index is 11.7. The third kappa shape index (κ3) is 3.59. The number of carbonyl (C=O) groups is 1. The second-order valence-corrected chi connectivity index (χ2v) is 5.94. The topological polar surface area (TPSA) is 49.3 Å². The van der Waals surface area contributed by atoms with Gasteiger partial charge in [-0.2, -0.15) is 0 Å². The molecule has 0 fully saturated rings. The smallest absolute Gasteiger partial charge is 0.252 e. The van der Waals surface area contributed by atoms with E-state index in [4.69, 9.17) is 5.11 Å². The van der Waals surface area contributed by atoms with Crippen molar-refractivity contribution in [2.45, 2.75) is 19.9 Å². The maximum Gasteiger partial charge on any atom is 0.252 e. The van der Waals surface area contributed by atoms with Crippen LogP contribution in [0, 0.1) is 5.92 Å². The average molecular weight is 292 g/mol. The average Bonchev–Trinajstić information content (AvgIpc) is 2.60. The van der Waals surface area contributed by atoms with Crippen molar-refractivity contribution < 1.29 is 9.90 Å². The van der Waals surface area contributed by atoms with Crippen LogP contribution >= 0.6 is 27.3 Å². The van der Waals surface area contributed by atoms with Crippen LogP contribution in [-0.4, -0.2) is 23.7 Å². The number of halogens is 1. The zero-order chi connectivity index (χ0) is 11.4. The second-order valence-electron chi connectivity index (χ2n) is 3.65. The molecular formula is C10H14BrNO2S. The van der Waals surface area contributed by atoms with E-state index in [1.165, 1.54) is 11.3 Å². The zero-order valence-corrected chi connectivity index (χ0v) is 11.1. The number of hydrogen-bond acceptors (Lipinski definition) is 3. The molecule has 0 aliphatic rings. The first-order chi connectivity index (χ1) is 7.04. The molecule has 0 aromatic carbocycles. The minimum atomic E-state index is -0.184. The molecule has 1 aromatic rings. The van der Waals surface area contributed by atoms with Crippen LogP contribution in [-0.2, 0) is 0 Å². The lowest BCUT2D eigenvalue weighted by Gasteiger charge is -2.19. The van der Waals surface area contributed by atoms with Crippen molar-refractivity contribution in [1.82, 2.24) is 5.32 Å². The zero-order valence-electron chi connectivity index (χ0n) is 8.66. The molecule has 1 heterocycles. The van der Waals surface area contributed by atoms with Gasteiger partial charge in [0.15, 0.2) is 0 Å². The van der Waals surface area contributed by atoms with E-state index in [9.17, 15) is 4.79 Å². The van der Waals surface area contributed by atoms with Gasteiger partial charge in [-0.25, -0.2) is 0 Å². The van der Waals surface area contributed by atoms with E-state index in [1.807, 2.05) is 13.8 Å². The van der Waals surface area contributed by atoms with Crippen LogP contribution in [0.15, 0.2) is 15.2 Å². The molecule has 0 spiro atoms. The van der Waals surface area contributed by atoms with Gasteiger partial charge in [-0.1, -0.05) is 13.8 Å². The van der Waals surface area contributed by atoms with Gasteiger partial charge in [-0.15, -0.1) is 11.3 Å². The van der Waals surface area contributed by atoms with E-state index < -0.39 is 0 Å². The first-order valence-electron chi connectivity index (χ1n) is 4.70. The Morgan fingerprint density at radius 1 is 1.67 bits per heavy atom. The Balaban J connectivity index is 2.62. The molecule has 0 aliphatic carbocycles. The SMILES string of the molecule is CC(C)C(CO)NC(=O)c1csc(Br)c1. The summed E-state index contributed by atoms with van der Waals surface area (Å²) in [5.74, 6) is 0.0886. The number of amides is 1. The summed E-state index contributed by atoms with van der Waals surface area (Å²) >= 11 is 4.77. The van der Waals surface area contributed by atoms with Gasteiger partial charge in [-0.3, -0.25) is 4.79 Å². The molecule has 0 radical (unpaired) electrons. The maximum atomic E-state index is 11.7. The third-order valence-corrected chi connectivity index (χ3v) is 3.65. The highest BCUT2D eigenvalue weighted by molar-refractivity contribution is 9.11. The fourth-order valence-corrected chi connectivity index (χ4v) is 2.24. The van der Waals surface area contributed by atoms with Crippen molar-refractivity contribution in [2.75, 3.05) is 6.61 Å². The van der Waals surface area contributed by atoms with Gasteiger partial charge in [0.25, 0.3) is 5.91 Å². The number of aliphatic hydroxyl groups excluding tert-OH is 1. The molecule has 15 heavy (non-hydrogen) atoms. The largest absolute Gasteiger partial charge is 0.394 e. The Hall–Kier alpha value is -0.390. The summed E-state index contributed by atoms with van der Waals surface area (Å²) in [6.07, 6.45) is 0. The molecule has 0 saturated carbocycles. The quantitative estimate of drug-likeness (QED) is 0.894. The number of thiophene rings is 1. The minimum absolute atomic E-state index is 0.0330. The molecule has 0 aliphatic heterocycles.